The van der Waals surface area contributed by atoms with Crippen LogP contribution in [0.1, 0.15) is 42.1 Å². The summed E-state index contributed by atoms with van der Waals surface area (Å²) in [6, 6.07) is 15.7. The van der Waals surface area contributed by atoms with Crippen LogP contribution in [0.5, 0.6) is 0 Å². The number of halogens is 1. The molecule has 1 unspecified atom stereocenters. The Morgan fingerprint density at radius 3 is 2.71 bits per heavy atom. The molecule has 3 heteroatoms. The van der Waals surface area contributed by atoms with Crippen molar-refractivity contribution < 1.29 is 0 Å². The van der Waals surface area contributed by atoms with Crippen molar-refractivity contribution in [1.82, 2.24) is 5.32 Å². The van der Waals surface area contributed by atoms with Crippen LogP contribution in [0, 0.1) is 6.92 Å². The summed E-state index contributed by atoms with van der Waals surface area (Å²) in [6.07, 6.45) is 1.15. The molecule has 1 N–H and O–H groups in total. The van der Waals surface area contributed by atoms with E-state index in [2.05, 4.69) is 55.6 Å². The lowest BCUT2D eigenvalue weighted by atomic mass is 10.0. The molecule has 0 saturated heterocycles. The van der Waals surface area contributed by atoms with Crippen molar-refractivity contribution in [2.45, 2.75) is 37.2 Å². The first-order valence-corrected chi connectivity index (χ1v) is 8.75. The number of benzene rings is 2. The zero-order valence-corrected chi connectivity index (χ0v) is 14.0. The fraction of sp³-hybridized carbons (Fsp3) is 0.333. The number of nitrogens with one attached hydrogen (secondary N) is 1. The molecule has 0 spiro atoms. The molecule has 1 nitrogen and oxygen atoms in total. The Labute approximate surface area is 136 Å². The van der Waals surface area contributed by atoms with E-state index in [1.54, 1.807) is 0 Å². The van der Waals surface area contributed by atoms with Crippen molar-refractivity contribution >= 4 is 23.4 Å². The van der Waals surface area contributed by atoms with Crippen LogP contribution in [-0.4, -0.2) is 5.75 Å². The second-order valence-corrected chi connectivity index (χ2v) is 7.24. The predicted molar refractivity (Wildman–Crippen MR) is 92.3 cm³/mol. The van der Waals surface area contributed by atoms with E-state index >= 15 is 0 Å². The second kappa shape index (κ2) is 6.43. The van der Waals surface area contributed by atoms with Gasteiger partial charge in [0.15, 0.2) is 0 Å². The molecule has 2 atom stereocenters. The third kappa shape index (κ3) is 3.45. The zero-order chi connectivity index (χ0) is 14.8. The van der Waals surface area contributed by atoms with Gasteiger partial charge < -0.3 is 5.32 Å². The molecule has 0 fully saturated rings. The molecule has 1 heterocycles. The highest BCUT2D eigenvalue weighted by Crippen LogP contribution is 2.38. The van der Waals surface area contributed by atoms with Gasteiger partial charge in [-0.25, -0.2) is 0 Å². The van der Waals surface area contributed by atoms with Crippen molar-refractivity contribution in [2.24, 2.45) is 0 Å². The summed E-state index contributed by atoms with van der Waals surface area (Å²) in [5, 5.41) is 4.59. The number of fused-ring (bicyclic) bond motifs is 1. The van der Waals surface area contributed by atoms with Crippen LogP contribution in [0.2, 0.25) is 5.02 Å². The zero-order valence-electron chi connectivity index (χ0n) is 12.4. The van der Waals surface area contributed by atoms with Gasteiger partial charge in [0.2, 0.25) is 0 Å². The maximum absolute atomic E-state index is 6.18. The van der Waals surface area contributed by atoms with Crippen molar-refractivity contribution in [3.63, 3.8) is 0 Å². The summed E-state index contributed by atoms with van der Waals surface area (Å²) in [6.45, 7) is 4.36. The second-order valence-electron chi connectivity index (χ2n) is 5.67. The largest absolute Gasteiger partial charge is 0.303 e. The van der Waals surface area contributed by atoms with Crippen LogP contribution in [0.4, 0.5) is 0 Å². The molecule has 0 saturated carbocycles. The topological polar surface area (TPSA) is 12.0 Å². The number of aryl methyl sites for hydroxylation is 1. The van der Waals surface area contributed by atoms with Gasteiger partial charge >= 0.3 is 0 Å². The number of thioether (sulfide) groups is 1. The minimum absolute atomic E-state index is 0.338. The normalized spacial score (nSPS) is 19.1. The molecular formula is C18H20ClNS. The average Bonchev–Trinajstić information content (AvgIpc) is 2.48. The summed E-state index contributed by atoms with van der Waals surface area (Å²) in [5.74, 6) is 1.16. The Bertz CT molecular complexity index is 624. The average molecular weight is 318 g/mol. The molecule has 3 rings (SSSR count). The molecule has 2 aromatic carbocycles. The van der Waals surface area contributed by atoms with Crippen molar-refractivity contribution in [3.8, 4) is 0 Å². The third-order valence-electron chi connectivity index (χ3n) is 4.04. The van der Waals surface area contributed by atoms with Crippen LogP contribution in [0.25, 0.3) is 0 Å². The van der Waals surface area contributed by atoms with Gasteiger partial charge in [0.05, 0.1) is 0 Å². The summed E-state index contributed by atoms with van der Waals surface area (Å²) < 4.78 is 0. The lowest BCUT2D eigenvalue weighted by molar-refractivity contribution is 0.450. The minimum Gasteiger partial charge on any atom is -0.303 e. The van der Waals surface area contributed by atoms with Crippen LogP contribution in [0.3, 0.4) is 0 Å². The Morgan fingerprint density at radius 2 is 1.95 bits per heavy atom. The molecule has 1 aliphatic heterocycles. The predicted octanol–water partition coefficient (Wildman–Crippen LogP) is 5.54. The van der Waals surface area contributed by atoms with E-state index in [1.807, 2.05) is 17.8 Å². The number of hydrogen-bond donors (Lipinski definition) is 1. The van der Waals surface area contributed by atoms with Crippen LogP contribution >= 0.6 is 23.4 Å². The van der Waals surface area contributed by atoms with Gasteiger partial charge in [-0.15, -0.1) is 11.8 Å². The van der Waals surface area contributed by atoms with E-state index in [4.69, 9.17) is 11.6 Å². The molecular weight excluding hydrogens is 298 g/mol. The molecule has 21 heavy (non-hydrogen) atoms. The first kappa shape index (κ1) is 15.0. The van der Waals surface area contributed by atoms with Gasteiger partial charge in [-0.2, -0.15) is 0 Å². The van der Waals surface area contributed by atoms with Crippen LogP contribution < -0.4 is 5.32 Å². The molecule has 110 valence electrons. The van der Waals surface area contributed by atoms with Gasteiger partial charge in [0.1, 0.15) is 0 Å². The highest BCUT2D eigenvalue weighted by molar-refractivity contribution is 7.99. The molecule has 0 amide bonds. The summed E-state index contributed by atoms with van der Waals surface area (Å²) in [4.78, 5) is 1.36. The van der Waals surface area contributed by atoms with E-state index in [-0.39, 0.29) is 0 Å². The Kier molecular flexibility index (Phi) is 4.58. The number of rotatable bonds is 3. The monoisotopic (exact) mass is 317 g/mol. The minimum atomic E-state index is 0.338. The molecule has 0 aliphatic carbocycles. The first-order valence-electron chi connectivity index (χ1n) is 7.38. The van der Waals surface area contributed by atoms with Crippen molar-refractivity contribution in [2.75, 3.05) is 5.75 Å². The Hall–Kier alpha value is -0.960. The Balaban J connectivity index is 1.80. The summed E-state index contributed by atoms with van der Waals surface area (Å²) in [5.41, 5.74) is 3.98. The highest BCUT2D eigenvalue weighted by Gasteiger charge is 2.22. The smallest absolute Gasteiger partial charge is 0.0410 e. The quantitative estimate of drug-likeness (QED) is 0.798. The maximum atomic E-state index is 6.18. The summed E-state index contributed by atoms with van der Waals surface area (Å²) in [7, 11) is 0. The fourth-order valence-corrected chi connectivity index (χ4v) is 4.08. The SMILES string of the molecule is Cc1ccc([C@@H](C)NC2CCSc3ccc(Cl)cc32)cc1. The van der Waals surface area contributed by atoms with Gasteiger partial charge in [-0.3, -0.25) is 0 Å². The first-order chi connectivity index (χ1) is 10.1. The lowest BCUT2D eigenvalue weighted by Gasteiger charge is -2.29. The van der Waals surface area contributed by atoms with E-state index in [0.29, 0.717) is 12.1 Å². The summed E-state index contributed by atoms with van der Waals surface area (Å²) >= 11 is 8.10. The van der Waals surface area contributed by atoms with Gasteiger partial charge in [0, 0.05) is 22.0 Å². The highest BCUT2D eigenvalue weighted by atomic mass is 35.5. The molecule has 0 bridgehead atoms. The van der Waals surface area contributed by atoms with E-state index in [9.17, 15) is 0 Å². The van der Waals surface area contributed by atoms with Crippen molar-refractivity contribution in [1.29, 1.82) is 0 Å². The van der Waals surface area contributed by atoms with E-state index in [1.165, 1.54) is 21.6 Å². The third-order valence-corrected chi connectivity index (χ3v) is 5.40. The molecule has 1 aliphatic rings. The standard InChI is InChI=1S/C18H20ClNS/c1-12-3-5-14(6-4-12)13(2)20-17-9-10-21-18-8-7-15(19)11-16(17)18/h3-8,11,13,17,20H,9-10H2,1-2H3/t13-,17?/m1/s1. The van der Waals surface area contributed by atoms with Crippen molar-refractivity contribution in [3.05, 3.63) is 64.2 Å². The lowest BCUT2D eigenvalue weighted by Crippen LogP contribution is -2.27. The maximum Gasteiger partial charge on any atom is 0.0410 e. The van der Waals surface area contributed by atoms with Crippen LogP contribution in [-0.2, 0) is 0 Å². The van der Waals surface area contributed by atoms with Gasteiger partial charge in [0.25, 0.3) is 0 Å². The van der Waals surface area contributed by atoms with E-state index in [0.717, 1.165) is 17.2 Å². The molecule has 2 aromatic rings. The number of hydrogen-bond acceptors (Lipinski definition) is 2. The Morgan fingerprint density at radius 1 is 1.19 bits per heavy atom. The van der Waals surface area contributed by atoms with Crippen LogP contribution in [0.15, 0.2) is 47.4 Å². The molecule has 0 radical (unpaired) electrons. The van der Waals surface area contributed by atoms with Gasteiger partial charge in [-0.05, 0) is 55.3 Å². The van der Waals surface area contributed by atoms with Gasteiger partial charge in [-0.1, -0.05) is 41.4 Å². The van der Waals surface area contributed by atoms with E-state index < -0.39 is 0 Å². The molecule has 0 aromatic heterocycles. The fourth-order valence-electron chi connectivity index (χ4n) is 2.79.